The van der Waals surface area contributed by atoms with E-state index in [-0.39, 0.29) is 0 Å². The zero-order chi connectivity index (χ0) is 18.8. The average Bonchev–Trinajstić information content (AvgIpc) is 2.98. The number of benzene rings is 3. The smallest absolute Gasteiger partial charge is 0.140 e. The van der Waals surface area contributed by atoms with Gasteiger partial charge in [0.2, 0.25) is 0 Å². The summed E-state index contributed by atoms with van der Waals surface area (Å²) in [6.07, 6.45) is 0.468. The first-order valence-corrected chi connectivity index (χ1v) is 9.00. The first-order valence-electron chi connectivity index (χ1n) is 8.62. The van der Waals surface area contributed by atoms with Gasteiger partial charge in [0.05, 0.1) is 12.2 Å². The van der Waals surface area contributed by atoms with Crippen molar-refractivity contribution in [2.45, 2.75) is 13.0 Å². The van der Waals surface area contributed by atoms with Gasteiger partial charge in [0.15, 0.2) is 0 Å². The minimum Gasteiger partial charge on any atom is -0.383 e. The van der Waals surface area contributed by atoms with E-state index < -0.39 is 0 Å². The second kappa shape index (κ2) is 7.14. The molecule has 0 aliphatic heterocycles. The lowest BCUT2D eigenvalue weighted by Gasteiger charge is -2.08. The van der Waals surface area contributed by atoms with E-state index in [9.17, 15) is 5.26 Å². The van der Waals surface area contributed by atoms with Crippen molar-refractivity contribution in [2.75, 3.05) is 5.73 Å². The quantitative estimate of drug-likeness (QED) is 0.560. The summed E-state index contributed by atoms with van der Waals surface area (Å²) in [7, 11) is 0. The number of fused-ring (bicyclic) bond motifs is 1. The molecule has 0 bridgehead atoms. The number of hydrogen-bond acceptors (Lipinski definition) is 3. The average molecular weight is 373 g/mol. The maximum atomic E-state index is 9.58. The summed E-state index contributed by atoms with van der Waals surface area (Å²) in [6, 6.07) is 24.1. The predicted octanol–water partition coefficient (Wildman–Crippen LogP) is 4.78. The van der Waals surface area contributed by atoms with Crippen molar-refractivity contribution < 1.29 is 0 Å². The molecule has 0 spiro atoms. The second-order valence-corrected chi connectivity index (χ2v) is 6.79. The monoisotopic (exact) mass is 372 g/mol. The van der Waals surface area contributed by atoms with Crippen LogP contribution in [0.3, 0.4) is 0 Å². The zero-order valence-electron chi connectivity index (χ0n) is 14.6. The number of nitriles is 1. The number of rotatable bonds is 4. The Balaban J connectivity index is 1.73. The highest BCUT2D eigenvalue weighted by atomic mass is 35.5. The molecule has 5 heteroatoms. The third-order valence-corrected chi connectivity index (χ3v) is 5.06. The third kappa shape index (κ3) is 3.25. The molecule has 2 N–H and O–H groups in total. The van der Waals surface area contributed by atoms with Gasteiger partial charge < -0.3 is 5.73 Å². The Hall–Kier alpha value is -3.29. The van der Waals surface area contributed by atoms with Crippen LogP contribution in [0.25, 0.3) is 10.8 Å². The van der Waals surface area contributed by atoms with E-state index in [1.54, 1.807) is 4.68 Å². The van der Waals surface area contributed by atoms with E-state index in [0.717, 1.165) is 21.9 Å². The first-order chi connectivity index (χ1) is 13.2. The Labute approximate surface area is 162 Å². The van der Waals surface area contributed by atoms with Crippen LogP contribution in [0.1, 0.15) is 22.4 Å². The SMILES string of the molecule is N#Cc1c(Cc2ccccc2Cl)nn(Cc2cccc3ccccc23)c1N. The molecule has 0 aliphatic rings. The van der Waals surface area contributed by atoms with E-state index in [4.69, 9.17) is 17.3 Å². The molecule has 4 rings (SSSR count). The fourth-order valence-corrected chi connectivity index (χ4v) is 3.51. The molecule has 0 fully saturated rings. The molecule has 0 amide bonds. The number of halogens is 1. The molecule has 0 atom stereocenters. The van der Waals surface area contributed by atoms with Crippen LogP contribution in [-0.4, -0.2) is 9.78 Å². The molecule has 0 aliphatic carbocycles. The largest absolute Gasteiger partial charge is 0.383 e. The Kier molecular flexibility index (Phi) is 4.53. The molecule has 4 aromatic rings. The fraction of sp³-hybridized carbons (Fsp3) is 0.0909. The standard InChI is InChI=1S/C22H17ClN4/c23-20-11-4-2-7-16(20)12-21-19(13-24)22(25)27(26-21)14-17-9-5-8-15-6-1-3-10-18(15)17/h1-11H,12,14,25H2. The number of anilines is 1. The summed E-state index contributed by atoms with van der Waals surface area (Å²) in [6.45, 7) is 0.504. The maximum Gasteiger partial charge on any atom is 0.140 e. The van der Waals surface area contributed by atoms with Crippen LogP contribution in [0.5, 0.6) is 0 Å². The molecule has 0 saturated carbocycles. The van der Waals surface area contributed by atoms with Gasteiger partial charge in [-0.15, -0.1) is 0 Å². The third-order valence-electron chi connectivity index (χ3n) is 4.69. The van der Waals surface area contributed by atoms with Crippen LogP contribution < -0.4 is 5.73 Å². The minimum absolute atomic E-state index is 0.382. The minimum atomic E-state index is 0.382. The number of nitrogens with zero attached hydrogens (tertiary/aromatic N) is 3. The van der Waals surface area contributed by atoms with E-state index in [1.807, 2.05) is 42.5 Å². The Morgan fingerprint density at radius 3 is 2.48 bits per heavy atom. The molecule has 1 heterocycles. The number of nitrogen functional groups attached to an aromatic ring is 1. The van der Waals surface area contributed by atoms with Crippen LogP contribution in [0.15, 0.2) is 66.7 Å². The van der Waals surface area contributed by atoms with E-state index >= 15 is 0 Å². The van der Waals surface area contributed by atoms with E-state index in [0.29, 0.717) is 35.1 Å². The van der Waals surface area contributed by atoms with Crippen LogP contribution in [-0.2, 0) is 13.0 Å². The summed E-state index contributed by atoms with van der Waals surface area (Å²) in [5, 5.41) is 17.2. The molecule has 0 saturated heterocycles. The van der Waals surface area contributed by atoms with Gasteiger partial charge in [0.25, 0.3) is 0 Å². The van der Waals surface area contributed by atoms with Gasteiger partial charge in [-0.1, -0.05) is 72.3 Å². The van der Waals surface area contributed by atoms with E-state index in [1.165, 1.54) is 0 Å². The topological polar surface area (TPSA) is 67.6 Å². The molecular weight excluding hydrogens is 356 g/mol. The lowest BCUT2D eigenvalue weighted by atomic mass is 10.0. The highest BCUT2D eigenvalue weighted by molar-refractivity contribution is 6.31. The summed E-state index contributed by atoms with van der Waals surface area (Å²) in [5.41, 5.74) is 9.33. The fourth-order valence-electron chi connectivity index (χ4n) is 3.31. The van der Waals surface area contributed by atoms with Crippen molar-refractivity contribution in [3.05, 3.63) is 94.1 Å². The normalized spacial score (nSPS) is 10.8. The van der Waals surface area contributed by atoms with Crippen LogP contribution in [0.2, 0.25) is 5.02 Å². The molecule has 0 unspecified atom stereocenters. The number of nitrogens with two attached hydrogens (primary N) is 1. The maximum absolute atomic E-state index is 9.58. The van der Waals surface area contributed by atoms with Crippen molar-refractivity contribution in [2.24, 2.45) is 0 Å². The second-order valence-electron chi connectivity index (χ2n) is 6.38. The first kappa shape index (κ1) is 17.1. The lowest BCUT2D eigenvalue weighted by molar-refractivity contribution is 0.688. The molecule has 0 radical (unpaired) electrons. The van der Waals surface area contributed by atoms with Crippen molar-refractivity contribution in [1.82, 2.24) is 9.78 Å². The predicted molar refractivity (Wildman–Crippen MR) is 109 cm³/mol. The Bertz CT molecular complexity index is 1170. The van der Waals surface area contributed by atoms with Gasteiger partial charge in [0.1, 0.15) is 17.5 Å². The highest BCUT2D eigenvalue weighted by Gasteiger charge is 2.17. The number of hydrogen-bond donors (Lipinski definition) is 1. The van der Waals surface area contributed by atoms with Gasteiger partial charge in [-0.2, -0.15) is 10.4 Å². The van der Waals surface area contributed by atoms with Gasteiger partial charge in [-0.25, -0.2) is 4.68 Å². The highest BCUT2D eigenvalue weighted by Crippen LogP contribution is 2.25. The van der Waals surface area contributed by atoms with Crippen molar-refractivity contribution in [1.29, 1.82) is 5.26 Å². The number of aromatic nitrogens is 2. The van der Waals surface area contributed by atoms with Gasteiger partial charge in [-0.3, -0.25) is 0 Å². The van der Waals surface area contributed by atoms with Crippen molar-refractivity contribution in [3.63, 3.8) is 0 Å². The van der Waals surface area contributed by atoms with Crippen molar-refractivity contribution >= 4 is 28.2 Å². The molecule has 3 aromatic carbocycles. The van der Waals surface area contributed by atoms with Gasteiger partial charge in [0, 0.05) is 11.4 Å². The van der Waals surface area contributed by atoms with Crippen LogP contribution in [0.4, 0.5) is 5.82 Å². The Morgan fingerprint density at radius 1 is 0.963 bits per heavy atom. The molecule has 1 aromatic heterocycles. The van der Waals surface area contributed by atoms with Crippen LogP contribution in [0, 0.1) is 11.3 Å². The summed E-state index contributed by atoms with van der Waals surface area (Å²) >= 11 is 6.26. The molecule has 132 valence electrons. The van der Waals surface area contributed by atoms with Crippen molar-refractivity contribution in [3.8, 4) is 6.07 Å². The van der Waals surface area contributed by atoms with Gasteiger partial charge >= 0.3 is 0 Å². The van der Waals surface area contributed by atoms with Gasteiger partial charge in [-0.05, 0) is 28.0 Å². The molecule has 4 nitrogen and oxygen atoms in total. The summed E-state index contributed by atoms with van der Waals surface area (Å²) in [4.78, 5) is 0. The van der Waals surface area contributed by atoms with Crippen LogP contribution >= 0.6 is 11.6 Å². The lowest BCUT2D eigenvalue weighted by Crippen LogP contribution is -2.07. The zero-order valence-corrected chi connectivity index (χ0v) is 15.3. The molecular formula is C22H17ClN4. The van der Waals surface area contributed by atoms with E-state index in [2.05, 4.69) is 35.4 Å². The molecule has 27 heavy (non-hydrogen) atoms. The Morgan fingerprint density at radius 2 is 1.67 bits per heavy atom. The summed E-state index contributed by atoms with van der Waals surface area (Å²) < 4.78 is 1.70. The summed E-state index contributed by atoms with van der Waals surface area (Å²) in [5.74, 6) is 0.382.